The molecule has 0 N–H and O–H groups in total. The average molecular weight is 451 g/mol. The summed E-state index contributed by atoms with van der Waals surface area (Å²) in [6, 6.07) is 5.02. The summed E-state index contributed by atoms with van der Waals surface area (Å²) in [5.74, 6) is 1.72. The molecule has 6 heteroatoms. The van der Waals surface area contributed by atoms with Crippen molar-refractivity contribution in [2.24, 2.45) is 17.3 Å². The summed E-state index contributed by atoms with van der Waals surface area (Å²) >= 11 is 3.92. The quantitative estimate of drug-likeness (QED) is 0.361. The van der Waals surface area contributed by atoms with Crippen molar-refractivity contribution in [3.05, 3.63) is 23.8 Å². The topological polar surface area (TPSA) is 61.8 Å². The largest absolute Gasteiger partial charge is 0.497 e. The van der Waals surface area contributed by atoms with E-state index in [0.717, 1.165) is 32.1 Å². The summed E-state index contributed by atoms with van der Waals surface area (Å²) in [4.78, 5) is 26.1. The van der Waals surface area contributed by atoms with Crippen LogP contribution in [-0.2, 0) is 9.53 Å². The smallest absolute Gasteiger partial charge is 0.312 e. The maximum atomic E-state index is 13.2. The summed E-state index contributed by atoms with van der Waals surface area (Å²) in [6.45, 7) is 1.65. The van der Waals surface area contributed by atoms with E-state index < -0.39 is 11.5 Å². The van der Waals surface area contributed by atoms with E-state index >= 15 is 0 Å². The fourth-order valence-corrected chi connectivity index (χ4v) is 7.40. The second kappa shape index (κ2) is 7.05. The number of ketones is 1. The van der Waals surface area contributed by atoms with Gasteiger partial charge in [-0.1, -0.05) is 15.9 Å². The number of hydrogen-bond acceptors (Lipinski definition) is 5. The zero-order valence-electron chi connectivity index (χ0n) is 16.6. The lowest BCUT2D eigenvalue weighted by Crippen LogP contribution is -2.56. The summed E-state index contributed by atoms with van der Waals surface area (Å²) in [5, 5.41) is 0. The molecule has 4 bridgehead atoms. The number of carbonyl (C=O) groups is 2. The molecule has 0 heterocycles. The summed E-state index contributed by atoms with van der Waals surface area (Å²) in [6.07, 6.45) is 5.27. The predicted octanol–water partition coefficient (Wildman–Crippen LogP) is 4.55. The lowest BCUT2D eigenvalue weighted by molar-refractivity contribution is -0.172. The van der Waals surface area contributed by atoms with Crippen molar-refractivity contribution in [1.82, 2.24) is 0 Å². The van der Waals surface area contributed by atoms with Crippen LogP contribution in [0.15, 0.2) is 18.2 Å². The number of halogens is 1. The average Bonchev–Trinajstić information content (AvgIpc) is 2.64. The Labute approximate surface area is 174 Å². The molecule has 152 valence electrons. The highest BCUT2D eigenvalue weighted by Gasteiger charge is 2.60. The molecule has 28 heavy (non-hydrogen) atoms. The lowest BCUT2D eigenvalue weighted by atomic mass is 9.49. The van der Waals surface area contributed by atoms with Crippen LogP contribution in [0.25, 0.3) is 0 Å². The van der Waals surface area contributed by atoms with Gasteiger partial charge in [-0.2, -0.15) is 0 Å². The number of benzene rings is 1. The third-order valence-electron chi connectivity index (χ3n) is 6.75. The number of Topliss-reactive ketones (excluding diaryl/α,β-unsaturated/α-hetero) is 1. The van der Waals surface area contributed by atoms with Gasteiger partial charge in [0, 0.05) is 10.4 Å². The van der Waals surface area contributed by atoms with Gasteiger partial charge in [0.15, 0.2) is 6.10 Å². The Kier molecular flexibility index (Phi) is 4.97. The predicted molar refractivity (Wildman–Crippen MR) is 108 cm³/mol. The summed E-state index contributed by atoms with van der Waals surface area (Å²) in [5.41, 5.74) is -0.0439. The Balaban J connectivity index is 1.50. The molecular formula is C22H27BrO5. The van der Waals surface area contributed by atoms with Crippen molar-refractivity contribution in [3.8, 4) is 11.5 Å². The number of ether oxygens (including phenoxy) is 3. The van der Waals surface area contributed by atoms with Crippen molar-refractivity contribution in [3.63, 3.8) is 0 Å². The van der Waals surface area contributed by atoms with Gasteiger partial charge in [0.1, 0.15) is 11.5 Å². The molecule has 0 spiro atoms. The van der Waals surface area contributed by atoms with Crippen molar-refractivity contribution in [2.45, 2.75) is 55.9 Å². The molecule has 4 saturated carbocycles. The molecule has 0 saturated heterocycles. The van der Waals surface area contributed by atoms with E-state index in [0.29, 0.717) is 28.9 Å². The summed E-state index contributed by atoms with van der Waals surface area (Å²) in [7, 11) is 3.07. The number of methoxy groups -OCH3 is 2. The van der Waals surface area contributed by atoms with E-state index in [-0.39, 0.29) is 16.1 Å². The molecule has 5 rings (SSSR count). The lowest BCUT2D eigenvalue weighted by Gasteiger charge is -2.58. The molecule has 0 aliphatic heterocycles. The Bertz CT molecular complexity index is 790. The minimum atomic E-state index is -0.853. The first-order valence-corrected chi connectivity index (χ1v) is 10.7. The minimum absolute atomic E-state index is 0.0720. The number of esters is 1. The maximum absolute atomic E-state index is 13.2. The normalized spacial score (nSPS) is 34.0. The van der Waals surface area contributed by atoms with Crippen LogP contribution in [0.3, 0.4) is 0 Å². The molecule has 4 fully saturated rings. The first kappa shape index (κ1) is 19.7. The van der Waals surface area contributed by atoms with Crippen LogP contribution in [0, 0.1) is 17.3 Å². The highest BCUT2D eigenvalue weighted by atomic mass is 79.9. The van der Waals surface area contributed by atoms with Crippen LogP contribution >= 0.6 is 15.9 Å². The molecule has 1 aromatic carbocycles. The molecule has 3 atom stereocenters. The summed E-state index contributed by atoms with van der Waals surface area (Å²) < 4.78 is 16.3. The zero-order chi connectivity index (χ0) is 20.1. The molecule has 1 aromatic rings. The van der Waals surface area contributed by atoms with Gasteiger partial charge in [0.2, 0.25) is 5.78 Å². The van der Waals surface area contributed by atoms with Gasteiger partial charge in [-0.3, -0.25) is 9.59 Å². The van der Waals surface area contributed by atoms with Crippen LogP contribution in [0.5, 0.6) is 11.5 Å². The molecule has 5 nitrogen and oxygen atoms in total. The number of alkyl halides is 1. The van der Waals surface area contributed by atoms with E-state index in [4.69, 9.17) is 14.2 Å². The van der Waals surface area contributed by atoms with Crippen molar-refractivity contribution >= 4 is 27.7 Å². The van der Waals surface area contributed by atoms with Gasteiger partial charge in [-0.15, -0.1) is 0 Å². The van der Waals surface area contributed by atoms with Crippen LogP contribution in [-0.4, -0.2) is 36.4 Å². The van der Waals surface area contributed by atoms with Crippen molar-refractivity contribution in [2.75, 3.05) is 14.2 Å². The van der Waals surface area contributed by atoms with E-state index in [1.54, 1.807) is 32.2 Å². The van der Waals surface area contributed by atoms with Crippen molar-refractivity contribution in [1.29, 1.82) is 0 Å². The second-order valence-corrected chi connectivity index (χ2v) is 10.6. The van der Waals surface area contributed by atoms with Gasteiger partial charge in [-0.05, 0) is 69.4 Å². The van der Waals surface area contributed by atoms with E-state index in [2.05, 4.69) is 15.9 Å². The van der Waals surface area contributed by atoms with Gasteiger partial charge in [-0.25, -0.2) is 0 Å². The Morgan fingerprint density at radius 1 is 1.11 bits per heavy atom. The molecule has 0 aromatic heterocycles. The molecular weight excluding hydrogens is 424 g/mol. The van der Waals surface area contributed by atoms with Crippen LogP contribution < -0.4 is 9.47 Å². The van der Waals surface area contributed by atoms with Crippen LogP contribution in [0.2, 0.25) is 0 Å². The third kappa shape index (κ3) is 3.34. The third-order valence-corrected chi connectivity index (χ3v) is 7.68. The fraction of sp³-hybridized carbons (Fsp3) is 0.636. The van der Waals surface area contributed by atoms with Gasteiger partial charge < -0.3 is 14.2 Å². The van der Waals surface area contributed by atoms with Gasteiger partial charge in [0.25, 0.3) is 0 Å². The van der Waals surface area contributed by atoms with Crippen LogP contribution in [0.1, 0.15) is 55.8 Å². The molecule has 4 aliphatic rings. The Morgan fingerprint density at radius 3 is 2.36 bits per heavy atom. The number of carbonyl (C=O) groups excluding carboxylic acids is 2. The molecule has 4 aliphatic carbocycles. The Hall–Kier alpha value is -1.56. The first-order chi connectivity index (χ1) is 13.3. The zero-order valence-corrected chi connectivity index (χ0v) is 18.2. The monoisotopic (exact) mass is 450 g/mol. The maximum Gasteiger partial charge on any atom is 0.312 e. The SMILES string of the molecule is COc1ccc(C(=O)C(C)OC(=O)C23CC4CC(CC(Br)(C4)C2)C3)c(OC)c1. The van der Waals surface area contributed by atoms with Gasteiger partial charge >= 0.3 is 5.97 Å². The highest BCUT2D eigenvalue weighted by molar-refractivity contribution is 9.10. The van der Waals surface area contributed by atoms with Gasteiger partial charge in [0.05, 0.1) is 25.2 Å². The minimum Gasteiger partial charge on any atom is -0.497 e. The molecule has 0 amide bonds. The Morgan fingerprint density at radius 2 is 1.79 bits per heavy atom. The van der Waals surface area contributed by atoms with Crippen molar-refractivity contribution < 1.29 is 23.8 Å². The second-order valence-electron chi connectivity index (χ2n) is 8.87. The number of hydrogen-bond donors (Lipinski definition) is 0. The van der Waals surface area contributed by atoms with Crippen LogP contribution in [0.4, 0.5) is 0 Å². The van der Waals surface area contributed by atoms with E-state index in [9.17, 15) is 9.59 Å². The van der Waals surface area contributed by atoms with E-state index in [1.807, 2.05) is 0 Å². The fourth-order valence-electron chi connectivity index (χ4n) is 5.95. The number of rotatable bonds is 6. The standard InChI is InChI=1S/C22H27BrO5/c1-13(19(24)17-5-4-16(26-2)7-18(17)27-3)28-20(25)21-8-14-6-15(9-21)11-22(23,10-14)12-21/h4-5,7,13-15H,6,8-12H2,1-3H3. The first-order valence-electron chi connectivity index (χ1n) is 9.94. The molecule has 3 unspecified atom stereocenters. The molecule has 0 radical (unpaired) electrons. The van der Waals surface area contributed by atoms with E-state index in [1.165, 1.54) is 13.5 Å². The highest BCUT2D eigenvalue weighted by Crippen LogP contribution is 2.64.